The van der Waals surface area contributed by atoms with E-state index in [1.54, 1.807) is 12.1 Å². The molecule has 2 aromatic rings. The third kappa shape index (κ3) is 2.88. The molecule has 74 valence electrons. The molecule has 0 aliphatic heterocycles. The van der Waals surface area contributed by atoms with Crippen LogP contribution in [-0.4, -0.2) is 4.98 Å². The third-order valence-corrected chi connectivity index (χ3v) is 3.00. The van der Waals surface area contributed by atoms with Gasteiger partial charge in [-0.05, 0) is 40.0 Å². The Kier molecular flexibility index (Phi) is 3.14. The topological polar surface area (TPSA) is 12.9 Å². The average molecular weight is 282 g/mol. The van der Waals surface area contributed by atoms with Gasteiger partial charge in [0.25, 0.3) is 0 Å². The van der Waals surface area contributed by atoms with Gasteiger partial charge in [-0.15, -0.1) is 11.3 Å². The second-order valence-electron chi connectivity index (χ2n) is 2.75. The number of aromatic nitrogens is 1. The molecule has 0 radical (unpaired) electrons. The second kappa shape index (κ2) is 4.56. The molecular formula is C11H5BrFNS. The Hall–Kier alpha value is -1.18. The van der Waals surface area contributed by atoms with E-state index in [1.807, 2.05) is 5.38 Å². The van der Waals surface area contributed by atoms with Gasteiger partial charge in [0.15, 0.2) is 3.92 Å². The van der Waals surface area contributed by atoms with Gasteiger partial charge >= 0.3 is 0 Å². The fourth-order valence-electron chi connectivity index (χ4n) is 1.01. The van der Waals surface area contributed by atoms with Gasteiger partial charge in [-0.2, -0.15) is 0 Å². The van der Waals surface area contributed by atoms with Crippen molar-refractivity contribution in [3.8, 4) is 11.8 Å². The minimum absolute atomic E-state index is 0.277. The summed E-state index contributed by atoms with van der Waals surface area (Å²) in [5.74, 6) is 5.43. The molecule has 0 aliphatic carbocycles. The van der Waals surface area contributed by atoms with Crippen LogP contribution in [0.25, 0.3) is 0 Å². The molecule has 4 heteroatoms. The summed E-state index contributed by atoms with van der Waals surface area (Å²) >= 11 is 4.72. The number of halogens is 2. The van der Waals surface area contributed by atoms with Crippen molar-refractivity contribution in [2.75, 3.05) is 0 Å². The molecule has 0 unspecified atom stereocenters. The molecule has 0 amide bonds. The van der Waals surface area contributed by atoms with Crippen LogP contribution in [-0.2, 0) is 0 Å². The summed E-state index contributed by atoms with van der Waals surface area (Å²) in [5, 5.41) is 1.84. The van der Waals surface area contributed by atoms with Gasteiger partial charge < -0.3 is 0 Å². The fourth-order valence-corrected chi connectivity index (χ4v) is 1.95. The first-order valence-electron chi connectivity index (χ1n) is 4.13. The van der Waals surface area contributed by atoms with Gasteiger partial charge in [-0.25, -0.2) is 9.37 Å². The van der Waals surface area contributed by atoms with E-state index in [1.165, 1.54) is 23.5 Å². The lowest BCUT2D eigenvalue weighted by molar-refractivity contribution is 0.627. The van der Waals surface area contributed by atoms with Gasteiger partial charge in [0.1, 0.15) is 11.5 Å². The quantitative estimate of drug-likeness (QED) is 0.674. The van der Waals surface area contributed by atoms with Crippen molar-refractivity contribution < 1.29 is 4.39 Å². The van der Waals surface area contributed by atoms with E-state index in [4.69, 9.17) is 0 Å². The maximum atomic E-state index is 12.8. The monoisotopic (exact) mass is 281 g/mol. The SMILES string of the molecule is Fc1cccc(C#Cc2csc(Br)n2)c1. The van der Waals surface area contributed by atoms with Crippen LogP contribution in [0.2, 0.25) is 0 Å². The Balaban J connectivity index is 2.25. The number of rotatable bonds is 0. The van der Waals surface area contributed by atoms with Crippen molar-refractivity contribution in [2.45, 2.75) is 0 Å². The van der Waals surface area contributed by atoms with Crippen LogP contribution in [0.1, 0.15) is 11.3 Å². The third-order valence-electron chi connectivity index (χ3n) is 1.64. The van der Waals surface area contributed by atoms with E-state index in [0.717, 1.165) is 3.92 Å². The lowest BCUT2D eigenvalue weighted by Crippen LogP contribution is -1.78. The highest BCUT2D eigenvalue weighted by atomic mass is 79.9. The molecule has 0 aliphatic rings. The number of thiazole rings is 1. The predicted molar refractivity (Wildman–Crippen MR) is 62.2 cm³/mol. The summed E-state index contributed by atoms with van der Waals surface area (Å²) in [6, 6.07) is 6.19. The van der Waals surface area contributed by atoms with E-state index in [9.17, 15) is 4.39 Å². The van der Waals surface area contributed by atoms with Gasteiger partial charge in [-0.3, -0.25) is 0 Å². The first-order valence-corrected chi connectivity index (χ1v) is 5.80. The minimum atomic E-state index is -0.277. The molecule has 0 fully saturated rings. The van der Waals surface area contributed by atoms with Crippen LogP contribution in [0.3, 0.4) is 0 Å². The van der Waals surface area contributed by atoms with Crippen molar-refractivity contribution in [1.29, 1.82) is 0 Å². The number of nitrogens with zero attached hydrogens (tertiary/aromatic N) is 1. The Morgan fingerprint density at radius 1 is 1.33 bits per heavy atom. The minimum Gasteiger partial charge on any atom is -0.221 e. The highest BCUT2D eigenvalue weighted by Gasteiger charge is 1.94. The summed E-state index contributed by atoms with van der Waals surface area (Å²) in [6.45, 7) is 0. The molecule has 1 aromatic heterocycles. The first kappa shape index (κ1) is 10.3. The molecule has 15 heavy (non-hydrogen) atoms. The predicted octanol–water partition coefficient (Wildman–Crippen LogP) is 3.44. The Bertz CT molecular complexity index is 539. The number of hydrogen-bond acceptors (Lipinski definition) is 2. The highest BCUT2D eigenvalue weighted by Crippen LogP contribution is 2.15. The molecule has 1 heterocycles. The van der Waals surface area contributed by atoms with Gasteiger partial charge in [0.2, 0.25) is 0 Å². The smallest absolute Gasteiger partial charge is 0.160 e. The van der Waals surface area contributed by atoms with E-state index in [0.29, 0.717) is 11.3 Å². The van der Waals surface area contributed by atoms with E-state index >= 15 is 0 Å². The van der Waals surface area contributed by atoms with Crippen molar-refractivity contribution in [1.82, 2.24) is 4.98 Å². The highest BCUT2D eigenvalue weighted by molar-refractivity contribution is 9.11. The summed E-state index contributed by atoms with van der Waals surface area (Å²) in [7, 11) is 0. The van der Waals surface area contributed by atoms with Gasteiger partial charge in [-0.1, -0.05) is 12.0 Å². The zero-order valence-corrected chi connectivity index (χ0v) is 9.90. The molecule has 1 nitrogen and oxygen atoms in total. The Morgan fingerprint density at radius 3 is 2.87 bits per heavy atom. The molecular weight excluding hydrogens is 277 g/mol. The normalized spacial score (nSPS) is 9.47. The lowest BCUT2D eigenvalue weighted by atomic mass is 10.2. The molecule has 0 spiro atoms. The van der Waals surface area contributed by atoms with Crippen LogP contribution in [0.5, 0.6) is 0 Å². The zero-order chi connectivity index (χ0) is 10.7. The maximum Gasteiger partial charge on any atom is 0.160 e. The van der Waals surface area contributed by atoms with E-state index in [2.05, 4.69) is 32.8 Å². The van der Waals surface area contributed by atoms with E-state index < -0.39 is 0 Å². The van der Waals surface area contributed by atoms with Crippen LogP contribution in [0.4, 0.5) is 4.39 Å². The second-order valence-corrected chi connectivity index (χ2v) is 4.88. The molecule has 0 saturated carbocycles. The Morgan fingerprint density at radius 2 is 2.20 bits per heavy atom. The van der Waals surface area contributed by atoms with Crippen LogP contribution in [0, 0.1) is 17.7 Å². The summed E-state index contributed by atoms with van der Waals surface area (Å²) in [6.07, 6.45) is 0. The van der Waals surface area contributed by atoms with Gasteiger partial charge in [0.05, 0.1) is 0 Å². The zero-order valence-electron chi connectivity index (χ0n) is 7.50. The molecule has 0 N–H and O–H groups in total. The largest absolute Gasteiger partial charge is 0.221 e. The summed E-state index contributed by atoms with van der Waals surface area (Å²) in [4.78, 5) is 4.12. The van der Waals surface area contributed by atoms with Crippen molar-refractivity contribution >= 4 is 27.3 Å². The van der Waals surface area contributed by atoms with Gasteiger partial charge in [0, 0.05) is 10.9 Å². The molecule has 0 saturated heterocycles. The average Bonchev–Trinajstić information content (AvgIpc) is 2.62. The maximum absolute atomic E-state index is 12.8. The number of benzene rings is 1. The molecule has 1 aromatic carbocycles. The fraction of sp³-hybridized carbons (Fsp3) is 0. The van der Waals surface area contributed by atoms with Crippen LogP contribution < -0.4 is 0 Å². The van der Waals surface area contributed by atoms with E-state index in [-0.39, 0.29) is 5.82 Å². The number of hydrogen-bond donors (Lipinski definition) is 0. The molecule has 0 bridgehead atoms. The van der Waals surface area contributed by atoms with Crippen LogP contribution in [0.15, 0.2) is 33.6 Å². The standard InChI is InChI=1S/C11H5BrFNS/c12-11-14-10(7-15-11)5-4-8-2-1-3-9(13)6-8/h1-3,6-7H. The lowest BCUT2D eigenvalue weighted by Gasteiger charge is -1.88. The van der Waals surface area contributed by atoms with Crippen molar-refractivity contribution in [2.24, 2.45) is 0 Å². The molecule has 2 rings (SSSR count). The summed E-state index contributed by atoms with van der Waals surface area (Å²) < 4.78 is 13.6. The first-order chi connectivity index (χ1) is 7.24. The van der Waals surface area contributed by atoms with Crippen molar-refractivity contribution in [3.05, 3.63) is 50.6 Å². The Labute approximate surface area is 99.1 Å². The van der Waals surface area contributed by atoms with Crippen molar-refractivity contribution in [3.63, 3.8) is 0 Å². The molecule has 0 atom stereocenters. The van der Waals surface area contributed by atoms with Crippen LogP contribution >= 0.6 is 27.3 Å². The summed E-state index contributed by atoms with van der Waals surface area (Å²) in [5.41, 5.74) is 1.34.